The summed E-state index contributed by atoms with van der Waals surface area (Å²) in [5.41, 5.74) is 0. The van der Waals surface area contributed by atoms with E-state index < -0.39 is 6.10 Å². The van der Waals surface area contributed by atoms with Gasteiger partial charge in [-0.15, -0.1) is 0 Å². The van der Waals surface area contributed by atoms with Gasteiger partial charge in [-0.25, -0.2) is 0 Å². The van der Waals surface area contributed by atoms with E-state index in [1.165, 1.54) is 32.1 Å². The lowest BCUT2D eigenvalue weighted by molar-refractivity contribution is -0.167. The second kappa shape index (κ2) is 62.3. The van der Waals surface area contributed by atoms with E-state index in [9.17, 15) is 14.4 Å². The molecule has 0 aromatic carbocycles. The van der Waals surface area contributed by atoms with Crippen LogP contribution in [0.15, 0.2) is 170 Å². The van der Waals surface area contributed by atoms with E-state index in [-0.39, 0.29) is 37.5 Å². The summed E-state index contributed by atoms with van der Waals surface area (Å²) in [6, 6.07) is 0. The SMILES string of the molecule is CC/C=C\C/C=C\C/C=C\C/C=C\C/C=C\C/C=C\C/C=C\C/C=C\C/C=C\CCCCCC(=O)OCC(COC(=O)CCCCCCCCCC)OC(=O)CCCCC/C=C\C/C=C\C/C=C\C/C=C\C/C=C\CC. The van der Waals surface area contributed by atoms with Crippen LogP contribution in [0.5, 0.6) is 0 Å². The number of hydrogen-bond donors (Lipinski definition) is 0. The van der Waals surface area contributed by atoms with Gasteiger partial charge in [0.1, 0.15) is 13.2 Å². The van der Waals surface area contributed by atoms with Crippen LogP contribution in [-0.4, -0.2) is 37.2 Å². The van der Waals surface area contributed by atoms with E-state index in [0.717, 1.165) is 154 Å². The number of unbranched alkanes of at least 4 members (excludes halogenated alkanes) is 13. The summed E-state index contributed by atoms with van der Waals surface area (Å²) in [7, 11) is 0. The Hall–Kier alpha value is -5.23. The third-order valence-electron chi connectivity index (χ3n) is 12.0. The first-order valence-electron chi connectivity index (χ1n) is 30.1. The van der Waals surface area contributed by atoms with Crippen molar-refractivity contribution in [3.05, 3.63) is 170 Å². The van der Waals surface area contributed by atoms with Crippen molar-refractivity contribution in [3.8, 4) is 0 Å². The molecule has 0 aliphatic heterocycles. The van der Waals surface area contributed by atoms with Crippen LogP contribution in [0.2, 0.25) is 0 Å². The summed E-state index contributed by atoms with van der Waals surface area (Å²) < 4.78 is 16.8. The van der Waals surface area contributed by atoms with E-state index in [4.69, 9.17) is 14.2 Å². The van der Waals surface area contributed by atoms with Crippen LogP contribution in [0.3, 0.4) is 0 Å². The minimum atomic E-state index is -0.816. The fourth-order valence-corrected chi connectivity index (χ4v) is 7.52. The quantitative estimate of drug-likeness (QED) is 0.0261. The van der Waals surface area contributed by atoms with E-state index in [1.54, 1.807) is 0 Å². The van der Waals surface area contributed by atoms with Gasteiger partial charge in [-0.3, -0.25) is 14.4 Å². The van der Waals surface area contributed by atoms with Crippen LogP contribution in [0.25, 0.3) is 0 Å². The Bertz CT molecular complexity index is 1770. The van der Waals surface area contributed by atoms with Gasteiger partial charge in [0.05, 0.1) is 0 Å². The third kappa shape index (κ3) is 59.6. The molecule has 6 nitrogen and oxygen atoms in total. The smallest absolute Gasteiger partial charge is 0.306 e. The molecule has 1 atom stereocenters. The Morgan fingerprint density at radius 1 is 0.276 bits per heavy atom. The fraction of sp³-hybridized carbons (Fsp3) is 0.557. The number of allylic oxidation sites excluding steroid dienone is 28. The van der Waals surface area contributed by atoms with Crippen molar-refractivity contribution in [2.45, 2.75) is 239 Å². The maximum absolute atomic E-state index is 12.8. The molecule has 0 aromatic heterocycles. The molecule has 1 unspecified atom stereocenters. The van der Waals surface area contributed by atoms with E-state index in [1.807, 2.05) is 0 Å². The Morgan fingerprint density at radius 2 is 0.513 bits per heavy atom. The molecule has 0 spiro atoms. The first kappa shape index (κ1) is 70.8. The second-order valence-electron chi connectivity index (χ2n) is 19.1. The topological polar surface area (TPSA) is 78.9 Å². The molecule has 0 heterocycles. The van der Waals surface area contributed by atoms with E-state index >= 15 is 0 Å². The van der Waals surface area contributed by atoms with Crippen LogP contribution >= 0.6 is 0 Å². The predicted molar refractivity (Wildman–Crippen MR) is 329 cm³/mol. The van der Waals surface area contributed by atoms with Crippen molar-refractivity contribution < 1.29 is 28.6 Å². The zero-order chi connectivity index (χ0) is 55.0. The van der Waals surface area contributed by atoms with Gasteiger partial charge < -0.3 is 14.2 Å². The van der Waals surface area contributed by atoms with Crippen LogP contribution in [0.1, 0.15) is 233 Å². The second-order valence-corrected chi connectivity index (χ2v) is 19.1. The highest BCUT2D eigenvalue weighted by atomic mass is 16.6. The first-order chi connectivity index (χ1) is 37.5. The predicted octanol–water partition coefficient (Wildman–Crippen LogP) is 20.7. The summed E-state index contributed by atoms with van der Waals surface area (Å²) in [4.78, 5) is 38.0. The minimum Gasteiger partial charge on any atom is -0.462 e. The number of hydrogen-bond acceptors (Lipinski definition) is 6. The third-order valence-corrected chi connectivity index (χ3v) is 12.0. The molecular formula is C70H108O6. The summed E-state index contributed by atoms with van der Waals surface area (Å²) >= 11 is 0. The molecule has 0 N–H and O–H groups in total. The zero-order valence-corrected chi connectivity index (χ0v) is 48.4. The summed E-state index contributed by atoms with van der Waals surface area (Å²) in [6.07, 6.45) is 92.2. The highest BCUT2D eigenvalue weighted by Gasteiger charge is 2.19. The normalized spacial score (nSPS) is 13.4. The van der Waals surface area contributed by atoms with Crippen molar-refractivity contribution in [3.63, 3.8) is 0 Å². The molecule has 424 valence electrons. The van der Waals surface area contributed by atoms with Gasteiger partial charge in [0.15, 0.2) is 6.10 Å². The maximum Gasteiger partial charge on any atom is 0.306 e. The molecule has 0 saturated carbocycles. The van der Waals surface area contributed by atoms with Gasteiger partial charge in [-0.1, -0.05) is 249 Å². The summed E-state index contributed by atoms with van der Waals surface area (Å²) in [5.74, 6) is -0.990. The fourth-order valence-electron chi connectivity index (χ4n) is 7.52. The number of rotatable bonds is 52. The molecule has 0 saturated heterocycles. The van der Waals surface area contributed by atoms with E-state index in [2.05, 4.69) is 191 Å². The molecule has 0 aliphatic carbocycles. The molecule has 76 heavy (non-hydrogen) atoms. The van der Waals surface area contributed by atoms with Crippen molar-refractivity contribution >= 4 is 17.9 Å². The van der Waals surface area contributed by atoms with Crippen LogP contribution in [-0.2, 0) is 28.6 Å². The van der Waals surface area contributed by atoms with Crippen molar-refractivity contribution in [1.82, 2.24) is 0 Å². The zero-order valence-electron chi connectivity index (χ0n) is 48.4. The lowest BCUT2D eigenvalue weighted by Gasteiger charge is -2.18. The van der Waals surface area contributed by atoms with Gasteiger partial charge in [0.2, 0.25) is 0 Å². The molecule has 0 amide bonds. The lowest BCUT2D eigenvalue weighted by atomic mass is 10.1. The Labute approximate surface area is 466 Å². The Morgan fingerprint density at radius 3 is 0.803 bits per heavy atom. The lowest BCUT2D eigenvalue weighted by Crippen LogP contribution is -2.30. The van der Waals surface area contributed by atoms with Gasteiger partial charge in [0.25, 0.3) is 0 Å². The molecule has 0 fully saturated rings. The van der Waals surface area contributed by atoms with Crippen molar-refractivity contribution in [1.29, 1.82) is 0 Å². The molecule has 0 rings (SSSR count). The Kier molecular flexibility index (Phi) is 58.0. The average molecular weight is 1050 g/mol. The van der Waals surface area contributed by atoms with Crippen molar-refractivity contribution in [2.75, 3.05) is 13.2 Å². The molecule has 0 bridgehead atoms. The van der Waals surface area contributed by atoms with E-state index in [0.29, 0.717) is 19.3 Å². The number of ether oxygens (including phenoxy) is 3. The molecule has 6 heteroatoms. The van der Waals surface area contributed by atoms with Gasteiger partial charge in [0, 0.05) is 19.3 Å². The highest BCUT2D eigenvalue weighted by molar-refractivity contribution is 5.71. The van der Waals surface area contributed by atoms with Gasteiger partial charge >= 0.3 is 17.9 Å². The summed E-state index contributed by atoms with van der Waals surface area (Å²) in [6.45, 7) is 6.30. The average Bonchev–Trinajstić information content (AvgIpc) is 3.42. The first-order valence-corrected chi connectivity index (χ1v) is 30.1. The standard InChI is InChI=1S/C70H108O6/c1-4-7-10-13-16-19-21-23-25-27-29-30-31-32-33-34-35-36-37-38-39-40-42-43-45-47-49-51-54-57-60-63-69(72)75-66-67(65-74-68(71)62-59-56-53-18-15-12-9-6-3)76-70(73)64-61-58-55-52-50-48-46-44-41-28-26-24-22-20-17-14-11-8-5-2/h7-8,10-11,16-17,19-20,23-26,29-30,32-33,35-36,38-39,41-44,47-50,67H,4-6,9,12-15,18,21-22,27-28,31,34,37,40,45-46,51-66H2,1-3H3/b10-7-,11-8-,19-16-,20-17-,25-23-,26-24-,30-29-,33-32-,36-35-,39-38-,43-42-,44-41-,49-47-,50-48-. The number of carbonyl (C=O) groups excluding carboxylic acids is 3. The number of carbonyl (C=O) groups is 3. The molecular weight excluding hydrogens is 937 g/mol. The molecule has 0 radical (unpaired) electrons. The Balaban J connectivity index is 4.36. The summed E-state index contributed by atoms with van der Waals surface area (Å²) in [5, 5.41) is 0. The van der Waals surface area contributed by atoms with Crippen LogP contribution in [0, 0.1) is 0 Å². The van der Waals surface area contributed by atoms with Crippen molar-refractivity contribution in [2.24, 2.45) is 0 Å². The largest absolute Gasteiger partial charge is 0.462 e. The monoisotopic (exact) mass is 1040 g/mol. The van der Waals surface area contributed by atoms with Crippen LogP contribution < -0.4 is 0 Å². The molecule has 0 aromatic rings. The van der Waals surface area contributed by atoms with Gasteiger partial charge in [-0.05, 0) is 135 Å². The highest BCUT2D eigenvalue weighted by Crippen LogP contribution is 2.13. The van der Waals surface area contributed by atoms with Crippen LogP contribution in [0.4, 0.5) is 0 Å². The maximum atomic E-state index is 12.8. The minimum absolute atomic E-state index is 0.109. The van der Waals surface area contributed by atoms with Gasteiger partial charge in [-0.2, -0.15) is 0 Å². The molecule has 0 aliphatic rings. The number of esters is 3.